The minimum absolute atomic E-state index is 0.0591. The third-order valence-electron chi connectivity index (χ3n) is 1.54. The van der Waals surface area contributed by atoms with Crippen LogP contribution in [-0.4, -0.2) is 24.0 Å². The van der Waals surface area contributed by atoms with E-state index in [1.54, 1.807) is 25.1 Å². The molecule has 0 bridgehead atoms. The lowest BCUT2D eigenvalue weighted by molar-refractivity contribution is -0.384. The van der Waals surface area contributed by atoms with Crippen molar-refractivity contribution < 1.29 is 4.92 Å². The fraction of sp³-hybridized carbons (Fsp3) is 0.286. The molecule has 0 saturated heterocycles. The number of rotatable bonds is 2. The molecule has 1 rings (SSSR count). The smallest absolute Gasteiger partial charge is 0.311 e. The van der Waals surface area contributed by atoms with Gasteiger partial charge in [-0.05, 0) is 6.07 Å². The molecule has 70 valence electrons. The van der Waals surface area contributed by atoms with Crippen LogP contribution in [0.5, 0.6) is 0 Å². The first kappa shape index (κ1) is 9.24. The summed E-state index contributed by atoms with van der Waals surface area (Å²) in [4.78, 5) is 15.4. The number of hydrogen-bond donors (Lipinski definition) is 1. The number of hydrogen-bond acceptors (Lipinski definition) is 5. The summed E-state index contributed by atoms with van der Waals surface area (Å²) in [5.41, 5.74) is 5.22. The van der Waals surface area contributed by atoms with E-state index in [0.717, 1.165) is 0 Å². The SMILES string of the molecule is CN(C)c1ccc([N+](=O)[O-])c(N)n1. The Bertz CT molecular complexity index is 337. The lowest BCUT2D eigenvalue weighted by Crippen LogP contribution is -2.11. The average molecular weight is 182 g/mol. The molecule has 0 aromatic carbocycles. The van der Waals surface area contributed by atoms with Crippen LogP contribution in [0.2, 0.25) is 0 Å². The van der Waals surface area contributed by atoms with E-state index >= 15 is 0 Å². The highest BCUT2D eigenvalue weighted by atomic mass is 16.6. The van der Waals surface area contributed by atoms with Crippen molar-refractivity contribution in [2.24, 2.45) is 0 Å². The molecule has 0 aliphatic rings. The molecule has 0 aliphatic carbocycles. The zero-order valence-corrected chi connectivity index (χ0v) is 7.39. The third kappa shape index (κ3) is 1.84. The van der Waals surface area contributed by atoms with Crippen molar-refractivity contribution in [3.8, 4) is 0 Å². The van der Waals surface area contributed by atoms with Crippen molar-refractivity contribution in [3.05, 3.63) is 22.2 Å². The van der Waals surface area contributed by atoms with Gasteiger partial charge in [-0.3, -0.25) is 10.1 Å². The summed E-state index contributed by atoms with van der Waals surface area (Å²) in [6.07, 6.45) is 0. The largest absolute Gasteiger partial charge is 0.378 e. The number of aromatic nitrogens is 1. The molecule has 0 amide bonds. The van der Waals surface area contributed by atoms with E-state index in [2.05, 4.69) is 4.98 Å². The van der Waals surface area contributed by atoms with Crippen molar-refractivity contribution in [2.75, 3.05) is 24.7 Å². The predicted molar refractivity (Wildman–Crippen MR) is 49.6 cm³/mol. The van der Waals surface area contributed by atoms with Gasteiger partial charge < -0.3 is 10.6 Å². The lowest BCUT2D eigenvalue weighted by Gasteiger charge is -2.10. The highest BCUT2D eigenvalue weighted by Gasteiger charge is 2.12. The van der Waals surface area contributed by atoms with Gasteiger partial charge >= 0.3 is 5.69 Å². The van der Waals surface area contributed by atoms with E-state index in [0.29, 0.717) is 5.82 Å². The Hall–Kier alpha value is -1.85. The first-order chi connectivity index (χ1) is 6.02. The van der Waals surface area contributed by atoms with Crippen LogP contribution in [0.1, 0.15) is 0 Å². The molecule has 0 saturated carbocycles. The van der Waals surface area contributed by atoms with Gasteiger partial charge in [0.2, 0.25) is 5.82 Å². The Morgan fingerprint density at radius 2 is 2.15 bits per heavy atom. The van der Waals surface area contributed by atoms with Crippen molar-refractivity contribution in [3.63, 3.8) is 0 Å². The molecule has 6 nitrogen and oxygen atoms in total. The van der Waals surface area contributed by atoms with E-state index in [9.17, 15) is 10.1 Å². The molecule has 13 heavy (non-hydrogen) atoms. The summed E-state index contributed by atoms with van der Waals surface area (Å²) in [6, 6.07) is 2.90. The monoisotopic (exact) mass is 182 g/mol. The van der Waals surface area contributed by atoms with Gasteiger partial charge in [0.15, 0.2) is 0 Å². The second-order valence-corrected chi connectivity index (χ2v) is 2.73. The number of nitro groups is 1. The molecule has 1 aromatic heterocycles. The zero-order valence-electron chi connectivity index (χ0n) is 7.39. The number of anilines is 2. The lowest BCUT2D eigenvalue weighted by atomic mass is 10.4. The van der Waals surface area contributed by atoms with Gasteiger partial charge in [-0.1, -0.05) is 0 Å². The molecule has 0 spiro atoms. The molecular formula is C7H10N4O2. The molecule has 0 aliphatic heterocycles. The van der Waals surface area contributed by atoms with Gasteiger partial charge in [0.05, 0.1) is 4.92 Å². The highest BCUT2D eigenvalue weighted by Crippen LogP contribution is 2.21. The molecule has 6 heteroatoms. The van der Waals surface area contributed by atoms with Crippen molar-refractivity contribution in [1.82, 2.24) is 4.98 Å². The maximum Gasteiger partial charge on any atom is 0.311 e. The van der Waals surface area contributed by atoms with Crippen LogP contribution in [0.4, 0.5) is 17.3 Å². The summed E-state index contributed by atoms with van der Waals surface area (Å²) in [7, 11) is 3.57. The molecule has 1 heterocycles. The van der Waals surface area contributed by atoms with Crippen molar-refractivity contribution in [1.29, 1.82) is 0 Å². The van der Waals surface area contributed by atoms with Crippen molar-refractivity contribution in [2.45, 2.75) is 0 Å². The number of nitrogens with two attached hydrogens (primary N) is 1. The minimum Gasteiger partial charge on any atom is -0.378 e. The highest BCUT2D eigenvalue weighted by molar-refractivity contribution is 5.57. The van der Waals surface area contributed by atoms with E-state index < -0.39 is 4.92 Å². The molecule has 0 atom stereocenters. The van der Waals surface area contributed by atoms with Crippen LogP contribution in [-0.2, 0) is 0 Å². The van der Waals surface area contributed by atoms with E-state index in [1.807, 2.05) is 0 Å². The number of nitrogens with zero attached hydrogens (tertiary/aromatic N) is 3. The van der Waals surface area contributed by atoms with Crippen LogP contribution in [0, 0.1) is 10.1 Å². The second-order valence-electron chi connectivity index (χ2n) is 2.73. The molecule has 0 fully saturated rings. The normalized spacial score (nSPS) is 9.69. The van der Waals surface area contributed by atoms with Crippen LogP contribution < -0.4 is 10.6 Å². The Labute approximate surface area is 75.1 Å². The van der Waals surface area contributed by atoms with E-state index in [1.165, 1.54) is 6.07 Å². The molecule has 0 unspecified atom stereocenters. The number of pyridine rings is 1. The van der Waals surface area contributed by atoms with E-state index in [4.69, 9.17) is 5.73 Å². The summed E-state index contributed by atoms with van der Waals surface area (Å²) in [5, 5.41) is 10.4. The fourth-order valence-corrected chi connectivity index (χ4v) is 0.860. The fourth-order valence-electron chi connectivity index (χ4n) is 0.860. The topological polar surface area (TPSA) is 85.3 Å². The maximum atomic E-state index is 10.4. The maximum absolute atomic E-state index is 10.4. The first-order valence-electron chi connectivity index (χ1n) is 3.60. The van der Waals surface area contributed by atoms with Gasteiger partial charge in [0, 0.05) is 20.2 Å². The Morgan fingerprint density at radius 1 is 1.54 bits per heavy atom. The quantitative estimate of drug-likeness (QED) is 0.535. The zero-order chi connectivity index (χ0) is 10.0. The van der Waals surface area contributed by atoms with Crippen molar-refractivity contribution >= 4 is 17.3 Å². The average Bonchev–Trinajstić information content (AvgIpc) is 2.03. The van der Waals surface area contributed by atoms with Gasteiger partial charge in [-0.2, -0.15) is 0 Å². The van der Waals surface area contributed by atoms with Crippen LogP contribution >= 0.6 is 0 Å². The summed E-state index contributed by atoms with van der Waals surface area (Å²) in [5.74, 6) is 0.541. The molecule has 1 aromatic rings. The summed E-state index contributed by atoms with van der Waals surface area (Å²) in [6.45, 7) is 0. The third-order valence-corrected chi connectivity index (χ3v) is 1.54. The molecular weight excluding hydrogens is 172 g/mol. The van der Waals surface area contributed by atoms with Gasteiger partial charge in [0.25, 0.3) is 0 Å². The van der Waals surface area contributed by atoms with Crippen LogP contribution in [0.3, 0.4) is 0 Å². The molecule has 0 radical (unpaired) electrons. The second kappa shape index (κ2) is 3.26. The van der Waals surface area contributed by atoms with Gasteiger partial charge in [0.1, 0.15) is 5.82 Å². The standard InChI is InChI=1S/C7H10N4O2/c1-10(2)6-4-3-5(11(12)13)7(8)9-6/h3-4H,1-2H3,(H2,8,9). The van der Waals surface area contributed by atoms with Crippen LogP contribution in [0.25, 0.3) is 0 Å². The predicted octanol–water partition coefficient (Wildman–Crippen LogP) is 0.638. The van der Waals surface area contributed by atoms with Gasteiger partial charge in [-0.25, -0.2) is 4.98 Å². The Morgan fingerprint density at radius 3 is 2.54 bits per heavy atom. The molecule has 2 N–H and O–H groups in total. The van der Waals surface area contributed by atoms with Crippen LogP contribution in [0.15, 0.2) is 12.1 Å². The minimum atomic E-state index is -0.554. The summed E-state index contributed by atoms with van der Waals surface area (Å²) >= 11 is 0. The Balaban J connectivity index is 3.13. The number of nitrogen functional groups attached to an aromatic ring is 1. The summed E-state index contributed by atoms with van der Waals surface area (Å²) < 4.78 is 0. The Kier molecular flexibility index (Phi) is 2.32. The first-order valence-corrected chi connectivity index (χ1v) is 3.60. The van der Waals surface area contributed by atoms with E-state index in [-0.39, 0.29) is 11.5 Å². The van der Waals surface area contributed by atoms with Gasteiger partial charge in [-0.15, -0.1) is 0 Å².